The highest BCUT2D eigenvalue weighted by Crippen LogP contribution is 2.14. The smallest absolute Gasteiger partial charge is 0.237 e. The Balaban J connectivity index is 3.90. The molecule has 0 saturated heterocycles. The molecule has 4 heteroatoms. The first-order chi connectivity index (χ1) is 8.96. The van der Waals surface area contributed by atoms with Gasteiger partial charge in [0.05, 0.1) is 5.54 Å². The Morgan fingerprint density at radius 2 is 1.79 bits per heavy atom. The van der Waals surface area contributed by atoms with Gasteiger partial charge in [-0.1, -0.05) is 20.3 Å². The predicted octanol–water partition coefficient (Wildman–Crippen LogP) is 2.13. The Hall–Kier alpha value is -0.610. The van der Waals surface area contributed by atoms with Gasteiger partial charge in [0.1, 0.15) is 0 Å². The second kappa shape index (κ2) is 10.2. The van der Waals surface area contributed by atoms with Gasteiger partial charge in [0.25, 0.3) is 0 Å². The van der Waals surface area contributed by atoms with Crippen LogP contribution in [-0.2, 0) is 4.79 Å². The number of nitrogens with one attached hydrogen (secondary N) is 1. The molecule has 1 amide bonds. The van der Waals surface area contributed by atoms with Crippen LogP contribution < -0.4 is 11.1 Å². The first kappa shape index (κ1) is 18.4. The summed E-state index contributed by atoms with van der Waals surface area (Å²) in [6, 6.07) is 0. The van der Waals surface area contributed by atoms with E-state index in [0.29, 0.717) is 0 Å². The molecule has 0 spiro atoms. The van der Waals surface area contributed by atoms with Crippen molar-refractivity contribution in [2.45, 2.75) is 64.8 Å². The number of carbonyl (C=O) groups is 1. The second-order valence-corrected chi connectivity index (χ2v) is 5.74. The monoisotopic (exact) mass is 271 g/mol. The highest BCUT2D eigenvalue weighted by molar-refractivity contribution is 5.84. The van der Waals surface area contributed by atoms with Crippen LogP contribution in [0.15, 0.2) is 0 Å². The van der Waals surface area contributed by atoms with Gasteiger partial charge in [-0.25, -0.2) is 0 Å². The Bertz CT molecular complexity index is 246. The summed E-state index contributed by atoms with van der Waals surface area (Å²) in [5.74, 6) is -0.236. The number of hydrogen-bond acceptors (Lipinski definition) is 3. The summed E-state index contributed by atoms with van der Waals surface area (Å²) in [7, 11) is 2.16. The first-order valence-electron chi connectivity index (χ1n) is 7.69. The molecule has 4 nitrogen and oxygen atoms in total. The van der Waals surface area contributed by atoms with E-state index in [1.807, 2.05) is 6.92 Å². The molecule has 0 aliphatic carbocycles. The van der Waals surface area contributed by atoms with Crippen molar-refractivity contribution < 1.29 is 4.79 Å². The van der Waals surface area contributed by atoms with Gasteiger partial charge in [0, 0.05) is 0 Å². The molecule has 0 aromatic carbocycles. The fourth-order valence-electron chi connectivity index (χ4n) is 2.10. The zero-order chi connectivity index (χ0) is 14.7. The third kappa shape index (κ3) is 8.22. The Kier molecular flexibility index (Phi) is 9.88. The van der Waals surface area contributed by atoms with Gasteiger partial charge in [0.2, 0.25) is 5.91 Å². The maximum atomic E-state index is 11.5. The summed E-state index contributed by atoms with van der Waals surface area (Å²) in [5.41, 5.74) is 4.96. The Morgan fingerprint density at radius 1 is 1.16 bits per heavy atom. The standard InChI is InChI=1S/C15H33N3O/c1-5-7-12-18(4)13-9-8-10-15(3,14(16)19)17-11-6-2/h17H,5-13H2,1-4H3,(H2,16,19). The summed E-state index contributed by atoms with van der Waals surface area (Å²) in [4.78, 5) is 13.9. The maximum Gasteiger partial charge on any atom is 0.237 e. The van der Waals surface area contributed by atoms with Gasteiger partial charge in [-0.15, -0.1) is 0 Å². The zero-order valence-corrected chi connectivity index (χ0v) is 13.3. The molecule has 1 atom stereocenters. The highest BCUT2D eigenvalue weighted by Gasteiger charge is 2.29. The Morgan fingerprint density at radius 3 is 2.32 bits per heavy atom. The van der Waals surface area contributed by atoms with E-state index in [1.54, 1.807) is 0 Å². The predicted molar refractivity (Wildman–Crippen MR) is 82.1 cm³/mol. The molecular weight excluding hydrogens is 238 g/mol. The summed E-state index contributed by atoms with van der Waals surface area (Å²) >= 11 is 0. The summed E-state index contributed by atoms with van der Waals surface area (Å²) in [5, 5.41) is 3.28. The molecule has 1 unspecified atom stereocenters. The molecule has 0 aliphatic heterocycles. The van der Waals surface area contributed by atoms with Crippen molar-refractivity contribution in [2.24, 2.45) is 5.73 Å². The molecule has 0 aliphatic rings. The van der Waals surface area contributed by atoms with Crippen LogP contribution in [0.3, 0.4) is 0 Å². The van der Waals surface area contributed by atoms with E-state index >= 15 is 0 Å². The molecule has 0 fully saturated rings. The minimum atomic E-state index is -0.544. The van der Waals surface area contributed by atoms with E-state index in [0.717, 1.165) is 45.3 Å². The van der Waals surface area contributed by atoms with E-state index in [-0.39, 0.29) is 5.91 Å². The van der Waals surface area contributed by atoms with Crippen LogP contribution in [0.1, 0.15) is 59.3 Å². The molecule has 19 heavy (non-hydrogen) atoms. The number of nitrogens with zero attached hydrogens (tertiary/aromatic N) is 1. The summed E-state index contributed by atoms with van der Waals surface area (Å²) in [6.07, 6.45) is 6.49. The molecule has 114 valence electrons. The number of rotatable bonds is 12. The van der Waals surface area contributed by atoms with Crippen LogP contribution in [0.2, 0.25) is 0 Å². The lowest BCUT2D eigenvalue weighted by atomic mass is 9.93. The van der Waals surface area contributed by atoms with Crippen LogP contribution in [-0.4, -0.2) is 43.0 Å². The van der Waals surface area contributed by atoms with Crippen molar-refractivity contribution in [3.05, 3.63) is 0 Å². The van der Waals surface area contributed by atoms with Gasteiger partial charge < -0.3 is 16.0 Å². The van der Waals surface area contributed by atoms with Crippen LogP contribution in [0.5, 0.6) is 0 Å². The third-order valence-electron chi connectivity index (χ3n) is 3.67. The quantitative estimate of drug-likeness (QED) is 0.535. The maximum absolute atomic E-state index is 11.5. The van der Waals surface area contributed by atoms with Crippen molar-refractivity contribution >= 4 is 5.91 Å². The fraction of sp³-hybridized carbons (Fsp3) is 0.933. The number of nitrogens with two attached hydrogens (primary N) is 1. The molecule has 0 saturated carbocycles. The lowest BCUT2D eigenvalue weighted by Gasteiger charge is -2.28. The molecule has 0 heterocycles. The second-order valence-electron chi connectivity index (χ2n) is 5.74. The number of hydrogen-bond donors (Lipinski definition) is 2. The van der Waals surface area contributed by atoms with Crippen LogP contribution in [0.25, 0.3) is 0 Å². The van der Waals surface area contributed by atoms with Gasteiger partial charge >= 0.3 is 0 Å². The number of primary amides is 1. The molecule has 0 radical (unpaired) electrons. The van der Waals surface area contributed by atoms with Gasteiger partial charge in [-0.2, -0.15) is 0 Å². The SMILES string of the molecule is CCCCN(C)CCCCC(C)(NCCC)C(N)=O. The van der Waals surface area contributed by atoms with Gasteiger partial charge in [0.15, 0.2) is 0 Å². The van der Waals surface area contributed by atoms with Crippen molar-refractivity contribution in [3.63, 3.8) is 0 Å². The molecule has 0 bridgehead atoms. The van der Waals surface area contributed by atoms with Crippen molar-refractivity contribution in [1.29, 1.82) is 0 Å². The van der Waals surface area contributed by atoms with E-state index in [1.165, 1.54) is 12.8 Å². The number of carbonyl (C=O) groups excluding carboxylic acids is 1. The van der Waals surface area contributed by atoms with E-state index < -0.39 is 5.54 Å². The molecule has 0 rings (SSSR count). The molecule has 3 N–H and O–H groups in total. The van der Waals surface area contributed by atoms with Crippen LogP contribution in [0, 0.1) is 0 Å². The van der Waals surface area contributed by atoms with Gasteiger partial charge in [-0.3, -0.25) is 4.79 Å². The van der Waals surface area contributed by atoms with Crippen LogP contribution in [0.4, 0.5) is 0 Å². The zero-order valence-electron chi connectivity index (χ0n) is 13.3. The van der Waals surface area contributed by atoms with Gasteiger partial charge in [-0.05, 0) is 65.7 Å². The normalized spacial score (nSPS) is 14.6. The topological polar surface area (TPSA) is 58.4 Å². The average Bonchev–Trinajstić information content (AvgIpc) is 2.38. The first-order valence-corrected chi connectivity index (χ1v) is 7.69. The molecule has 0 aromatic rings. The van der Waals surface area contributed by atoms with Crippen molar-refractivity contribution in [1.82, 2.24) is 10.2 Å². The lowest BCUT2D eigenvalue weighted by Crippen LogP contribution is -2.53. The van der Waals surface area contributed by atoms with Crippen molar-refractivity contribution in [3.8, 4) is 0 Å². The number of amides is 1. The highest BCUT2D eigenvalue weighted by atomic mass is 16.1. The summed E-state index contributed by atoms with van der Waals surface area (Å²) < 4.78 is 0. The minimum Gasteiger partial charge on any atom is -0.368 e. The van der Waals surface area contributed by atoms with E-state index in [9.17, 15) is 4.79 Å². The van der Waals surface area contributed by atoms with Crippen LogP contribution >= 0.6 is 0 Å². The molecular formula is C15H33N3O. The fourth-order valence-corrected chi connectivity index (χ4v) is 2.10. The summed E-state index contributed by atoms with van der Waals surface area (Å²) in [6.45, 7) is 9.34. The molecule has 0 aromatic heterocycles. The van der Waals surface area contributed by atoms with Crippen molar-refractivity contribution in [2.75, 3.05) is 26.7 Å². The number of unbranched alkanes of at least 4 members (excludes halogenated alkanes) is 2. The average molecular weight is 271 g/mol. The largest absolute Gasteiger partial charge is 0.368 e. The lowest BCUT2D eigenvalue weighted by molar-refractivity contribution is -0.124. The minimum absolute atomic E-state index is 0.236. The Labute approximate surface area is 119 Å². The third-order valence-corrected chi connectivity index (χ3v) is 3.67. The van der Waals surface area contributed by atoms with E-state index in [4.69, 9.17) is 5.73 Å². The van der Waals surface area contributed by atoms with E-state index in [2.05, 4.69) is 31.1 Å².